The van der Waals surface area contributed by atoms with Gasteiger partial charge >= 0.3 is 6.18 Å². The second-order valence-electron chi connectivity index (χ2n) is 4.35. The first kappa shape index (κ1) is 16.0. The van der Waals surface area contributed by atoms with Crippen LogP contribution in [0.15, 0.2) is 36.5 Å². The number of nitrogens with one attached hydrogen (secondary N) is 1. The molecule has 1 aromatic carbocycles. The molecule has 0 saturated heterocycles. The van der Waals surface area contributed by atoms with Crippen molar-refractivity contribution in [3.8, 4) is 0 Å². The number of hydrogen-bond donors (Lipinski definition) is 1. The summed E-state index contributed by atoms with van der Waals surface area (Å²) in [4.78, 5) is 12.1. The van der Waals surface area contributed by atoms with E-state index in [1.807, 2.05) is 0 Å². The van der Waals surface area contributed by atoms with Gasteiger partial charge in [-0.2, -0.15) is 18.3 Å². The smallest absolute Gasteiger partial charge is 0.360 e. The van der Waals surface area contributed by atoms with E-state index in [1.165, 1.54) is 0 Å². The number of benzene rings is 1. The van der Waals surface area contributed by atoms with Crippen LogP contribution in [-0.2, 0) is 17.6 Å². The van der Waals surface area contributed by atoms with E-state index >= 15 is 0 Å². The summed E-state index contributed by atoms with van der Waals surface area (Å²) >= 11 is 0. The van der Waals surface area contributed by atoms with Crippen LogP contribution in [0.3, 0.4) is 0 Å². The summed E-state index contributed by atoms with van der Waals surface area (Å²) in [6, 6.07) is 8.22. The minimum Gasteiger partial charge on any atom is -0.360 e. The Kier molecular flexibility index (Phi) is 4.81. The van der Waals surface area contributed by atoms with Crippen LogP contribution < -0.4 is 5.32 Å². The maximum atomic E-state index is 13.2. The van der Waals surface area contributed by atoms with Crippen LogP contribution in [0.25, 0.3) is 0 Å². The number of rotatable bonds is 5. The summed E-state index contributed by atoms with van der Waals surface area (Å²) in [6.45, 7) is 1.52. The highest BCUT2D eigenvalue weighted by atomic mass is 19.4. The number of halogens is 3. The van der Waals surface area contributed by atoms with Crippen molar-refractivity contribution in [1.82, 2.24) is 9.78 Å². The van der Waals surface area contributed by atoms with Crippen molar-refractivity contribution in [2.24, 2.45) is 0 Å². The molecule has 118 valence electrons. The minimum absolute atomic E-state index is 0.239. The third kappa shape index (κ3) is 3.64. The number of carbonyl (C=O) groups is 1. The molecule has 0 fully saturated rings. The Hall–Kier alpha value is -2.35. The lowest BCUT2D eigenvalue weighted by atomic mass is 10.2. The van der Waals surface area contributed by atoms with Crippen molar-refractivity contribution in [3.05, 3.63) is 47.8 Å². The predicted octanol–water partition coefficient (Wildman–Crippen LogP) is 3.15. The van der Waals surface area contributed by atoms with E-state index in [0.29, 0.717) is 10.4 Å². The lowest BCUT2D eigenvalue weighted by Crippen LogP contribution is -2.22. The second kappa shape index (κ2) is 6.61. The second-order valence-corrected chi connectivity index (χ2v) is 4.35. The van der Waals surface area contributed by atoms with Gasteiger partial charge in [0.2, 0.25) is 0 Å². The lowest BCUT2D eigenvalue weighted by molar-refractivity contribution is -0.147. The molecule has 2 rings (SSSR count). The number of amides is 1. The number of alkyl halides is 3. The summed E-state index contributed by atoms with van der Waals surface area (Å²) in [5.74, 6) is -0.874. The average Bonchev–Trinajstić information content (AvgIpc) is 2.90. The standard InChI is InChI=1S/C14H14F3N3O2/c1-2-22-9-20-12(14(15,16)17)11(8-18-20)13(21)19-10-6-4-3-5-7-10/h3-8H,2,9H2,1H3,(H,19,21). The molecule has 5 nitrogen and oxygen atoms in total. The predicted molar refractivity (Wildman–Crippen MR) is 73.3 cm³/mol. The monoisotopic (exact) mass is 313 g/mol. The number of anilines is 1. The number of aromatic nitrogens is 2. The first-order valence-electron chi connectivity index (χ1n) is 6.50. The number of nitrogens with zero attached hydrogens (tertiary/aromatic N) is 2. The van der Waals surface area contributed by atoms with Gasteiger partial charge in [0.05, 0.1) is 11.8 Å². The molecule has 0 radical (unpaired) electrons. The zero-order valence-corrected chi connectivity index (χ0v) is 11.7. The van der Waals surface area contributed by atoms with Gasteiger partial charge in [0.1, 0.15) is 6.73 Å². The van der Waals surface area contributed by atoms with E-state index in [-0.39, 0.29) is 13.3 Å². The summed E-state index contributed by atoms with van der Waals surface area (Å²) < 4.78 is 45.1. The Morgan fingerprint density at radius 3 is 2.59 bits per heavy atom. The van der Waals surface area contributed by atoms with Gasteiger partial charge in [-0.3, -0.25) is 4.79 Å². The lowest BCUT2D eigenvalue weighted by Gasteiger charge is -2.12. The van der Waals surface area contributed by atoms with Crippen LogP contribution in [0, 0.1) is 0 Å². The van der Waals surface area contributed by atoms with Gasteiger partial charge in [-0.15, -0.1) is 0 Å². The Morgan fingerprint density at radius 2 is 2.00 bits per heavy atom. The quantitative estimate of drug-likeness (QED) is 0.922. The molecule has 8 heteroatoms. The molecule has 22 heavy (non-hydrogen) atoms. The van der Waals surface area contributed by atoms with Crippen LogP contribution >= 0.6 is 0 Å². The molecule has 0 aliphatic heterocycles. The highest BCUT2D eigenvalue weighted by molar-refractivity contribution is 6.05. The molecule has 0 aliphatic carbocycles. The molecule has 0 bridgehead atoms. The van der Waals surface area contributed by atoms with Gasteiger partial charge in [-0.1, -0.05) is 18.2 Å². The highest BCUT2D eigenvalue weighted by Gasteiger charge is 2.40. The van der Waals surface area contributed by atoms with Gasteiger partial charge < -0.3 is 10.1 Å². The van der Waals surface area contributed by atoms with Crippen molar-refractivity contribution in [2.75, 3.05) is 11.9 Å². The van der Waals surface area contributed by atoms with Crippen molar-refractivity contribution in [2.45, 2.75) is 19.8 Å². The molecule has 0 atom stereocenters. The van der Waals surface area contributed by atoms with Gasteiger partial charge in [0, 0.05) is 12.3 Å². The summed E-state index contributed by atoms with van der Waals surface area (Å²) in [7, 11) is 0. The largest absolute Gasteiger partial charge is 0.433 e. The van der Waals surface area contributed by atoms with Gasteiger partial charge in [0.15, 0.2) is 5.69 Å². The minimum atomic E-state index is -4.71. The fourth-order valence-electron chi connectivity index (χ4n) is 1.85. The SMILES string of the molecule is CCOCn1ncc(C(=O)Nc2ccccc2)c1C(F)(F)F. The van der Waals surface area contributed by atoms with Crippen molar-refractivity contribution in [3.63, 3.8) is 0 Å². The van der Waals surface area contributed by atoms with Crippen LogP contribution in [0.4, 0.5) is 18.9 Å². The van der Waals surface area contributed by atoms with Crippen LogP contribution in [0.5, 0.6) is 0 Å². The zero-order chi connectivity index (χ0) is 16.2. The highest BCUT2D eigenvalue weighted by Crippen LogP contribution is 2.32. The first-order valence-corrected chi connectivity index (χ1v) is 6.50. The van der Waals surface area contributed by atoms with E-state index in [4.69, 9.17) is 4.74 Å². The molecule has 2 aromatic rings. The molecular weight excluding hydrogens is 299 g/mol. The molecule has 1 heterocycles. The summed E-state index contributed by atoms with van der Waals surface area (Å²) in [5, 5.41) is 6.00. The molecule has 0 aliphatic rings. The zero-order valence-electron chi connectivity index (χ0n) is 11.7. The normalized spacial score (nSPS) is 11.5. The van der Waals surface area contributed by atoms with Crippen LogP contribution in [0.1, 0.15) is 23.0 Å². The third-order valence-electron chi connectivity index (χ3n) is 2.80. The molecule has 0 spiro atoms. The molecular formula is C14H14F3N3O2. The number of para-hydroxylation sites is 1. The maximum Gasteiger partial charge on any atom is 0.433 e. The maximum absolute atomic E-state index is 13.2. The molecule has 1 amide bonds. The Labute approximate surface area is 124 Å². The van der Waals surface area contributed by atoms with E-state index < -0.39 is 23.3 Å². The van der Waals surface area contributed by atoms with Gasteiger partial charge in [-0.05, 0) is 19.1 Å². The molecule has 1 N–H and O–H groups in total. The van der Waals surface area contributed by atoms with E-state index in [9.17, 15) is 18.0 Å². The number of hydrogen-bond acceptors (Lipinski definition) is 3. The average molecular weight is 313 g/mol. The van der Waals surface area contributed by atoms with Crippen LogP contribution in [-0.4, -0.2) is 22.3 Å². The Bertz CT molecular complexity index is 639. The van der Waals surface area contributed by atoms with Gasteiger partial charge in [0.25, 0.3) is 5.91 Å². The van der Waals surface area contributed by atoms with E-state index in [1.54, 1.807) is 37.3 Å². The first-order chi connectivity index (χ1) is 10.4. The number of ether oxygens (including phenoxy) is 1. The summed E-state index contributed by atoms with van der Waals surface area (Å²) in [5.41, 5.74) is -1.27. The molecule has 0 saturated carbocycles. The summed E-state index contributed by atoms with van der Waals surface area (Å²) in [6.07, 6.45) is -3.82. The molecule has 1 aromatic heterocycles. The number of carbonyl (C=O) groups excluding carboxylic acids is 1. The van der Waals surface area contributed by atoms with Gasteiger partial charge in [-0.25, -0.2) is 4.68 Å². The molecule has 0 unspecified atom stereocenters. The van der Waals surface area contributed by atoms with E-state index in [0.717, 1.165) is 6.20 Å². The van der Waals surface area contributed by atoms with Crippen molar-refractivity contribution in [1.29, 1.82) is 0 Å². The van der Waals surface area contributed by atoms with E-state index in [2.05, 4.69) is 10.4 Å². The fraction of sp³-hybridized carbons (Fsp3) is 0.286. The Morgan fingerprint density at radius 1 is 1.32 bits per heavy atom. The third-order valence-corrected chi connectivity index (χ3v) is 2.80. The van der Waals surface area contributed by atoms with Crippen molar-refractivity contribution < 1.29 is 22.7 Å². The van der Waals surface area contributed by atoms with Crippen molar-refractivity contribution >= 4 is 11.6 Å². The topological polar surface area (TPSA) is 56.2 Å². The Balaban J connectivity index is 2.30. The van der Waals surface area contributed by atoms with Crippen LogP contribution in [0.2, 0.25) is 0 Å². The fourth-order valence-corrected chi connectivity index (χ4v) is 1.85.